The monoisotopic (exact) mass is 220 g/mol. The minimum atomic E-state index is -0.0812. The van der Waals surface area contributed by atoms with Crippen molar-refractivity contribution in [1.82, 2.24) is 0 Å². The Kier molecular flexibility index (Phi) is 2.97. The average Bonchev–Trinajstić information content (AvgIpc) is 2.21. The molecule has 1 heterocycles. The van der Waals surface area contributed by atoms with E-state index in [-0.39, 0.29) is 5.97 Å². The predicted molar refractivity (Wildman–Crippen MR) is 61.8 cm³/mol. The molecule has 1 aliphatic heterocycles. The molecule has 1 atom stereocenters. The van der Waals surface area contributed by atoms with E-state index >= 15 is 0 Å². The van der Waals surface area contributed by atoms with Crippen molar-refractivity contribution in [3.05, 3.63) is 35.4 Å². The van der Waals surface area contributed by atoms with Gasteiger partial charge in [0.15, 0.2) is 6.54 Å². The van der Waals surface area contributed by atoms with E-state index in [9.17, 15) is 4.79 Å². The van der Waals surface area contributed by atoms with Crippen LogP contribution in [0.3, 0.4) is 0 Å². The smallest absolute Gasteiger partial charge is 0.362 e. The Morgan fingerprint density at radius 1 is 1.38 bits per heavy atom. The van der Waals surface area contributed by atoms with Crippen LogP contribution in [0.25, 0.3) is 0 Å². The second-order valence-corrected chi connectivity index (χ2v) is 4.81. The second-order valence-electron chi connectivity index (χ2n) is 4.81. The van der Waals surface area contributed by atoms with Gasteiger partial charge < -0.3 is 9.22 Å². The van der Waals surface area contributed by atoms with Crippen LogP contribution in [0.1, 0.15) is 11.1 Å². The van der Waals surface area contributed by atoms with E-state index in [0.717, 1.165) is 17.6 Å². The number of carbonyl (C=O) groups excluding carboxylic acids is 1. The van der Waals surface area contributed by atoms with Crippen molar-refractivity contribution in [1.29, 1.82) is 0 Å². The standard InChI is InChI=1S/C13H18NO2/c1-11-5-3-4-6-12(11)9-14(2)7-8-16-13(15)10-14/h3-6H,7-10H2,1-2H3/q+1. The largest absolute Gasteiger partial charge is 0.456 e. The Hall–Kier alpha value is -1.35. The van der Waals surface area contributed by atoms with Crippen LogP contribution in [-0.4, -0.2) is 37.2 Å². The molecule has 0 aliphatic carbocycles. The average molecular weight is 220 g/mol. The van der Waals surface area contributed by atoms with E-state index in [2.05, 4.69) is 32.2 Å². The molecule has 1 fully saturated rings. The maximum atomic E-state index is 11.3. The topological polar surface area (TPSA) is 26.3 Å². The SMILES string of the molecule is Cc1ccccc1C[N+]1(C)CCOC(=O)C1. The van der Waals surface area contributed by atoms with Gasteiger partial charge in [0.05, 0.1) is 7.05 Å². The zero-order chi connectivity index (χ0) is 11.6. The Morgan fingerprint density at radius 3 is 2.81 bits per heavy atom. The minimum Gasteiger partial charge on any atom is -0.456 e. The molecule has 1 aromatic rings. The first-order chi connectivity index (χ1) is 7.59. The highest BCUT2D eigenvalue weighted by Crippen LogP contribution is 2.17. The summed E-state index contributed by atoms with van der Waals surface area (Å²) in [5.74, 6) is -0.0812. The molecule has 0 saturated carbocycles. The van der Waals surface area contributed by atoms with Crippen molar-refractivity contribution < 1.29 is 14.0 Å². The third-order valence-corrected chi connectivity index (χ3v) is 3.22. The molecule has 1 saturated heterocycles. The fourth-order valence-corrected chi connectivity index (χ4v) is 2.15. The van der Waals surface area contributed by atoms with Gasteiger partial charge in [0, 0.05) is 5.56 Å². The second kappa shape index (κ2) is 4.26. The number of rotatable bonds is 2. The molecule has 1 aromatic carbocycles. The fraction of sp³-hybridized carbons (Fsp3) is 0.462. The van der Waals surface area contributed by atoms with E-state index in [1.165, 1.54) is 11.1 Å². The van der Waals surface area contributed by atoms with E-state index in [4.69, 9.17) is 4.74 Å². The van der Waals surface area contributed by atoms with Crippen LogP contribution >= 0.6 is 0 Å². The van der Waals surface area contributed by atoms with Crippen LogP contribution in [0, 0.1) is 6.92 Å². The third-order valence-electron chi connectivity index (χ3n) is 3.22. The lowest BCUT2D eigenvalue weighted by molar-refractivity contribution is -0.919. The highest BCUT2D eigenvalue weighted by molar-refractivity contribution is 5.71. The molecule has 3 nitrogen and oxygen atoms in total. The van der Waals surface area contributed by atoms with Crippen molar-refractivity contribution in [3.8, 4) is 0 Å². The zero-order valence-corrected chi connectivity index (χ0v) is 9.90. The van der Waals surface area contributed by atoms with Gasteiger partial charge in [-0.25, -0.2) is 4.79 Å². The van der Waals surface area contributed by atoms with Gasteiger partial charge >= 0.3 is 5.97 Å². The van der Waals surface area contributed by atoms with E-state index in [0.29, 0.717) is 13.2 Å². The van der Waals surface area contributed by atoms with Crippen LogP contribution in [0.15, 0.2) is 24.3 Å². The van der Waals surface area contributed by atoms with Crippen LogP contribution in [0.5, 0.6) is 0 Å². The molecule has 0 radical (unpaired) electrons. The number of hydrogen-bond donors (Lipinski definition) is 0. The Balaban J connectivity index is 2.14. The summed E-state index contributed by atoms with van der Waals surface area (Å²) in [5.41, 5.74) is 2.61. The first-order valence-electron chi connectivity index (χ1n) is 5.63. The van der Waals surface area contributed by atoms with Gasteiger partial charge in [-0.3, -0.25) is 0 Å². The number of aryl methyl sites for hydroxylation is 1. The zero-order valence-electron chi connectivity index (χ0n) is 9.90. The Labute approximate surface area is 96.2 Å². The van der Waals surface area contributed by atoms with Crippen LogP contribution < -0.4 is 0 Å². The van der Waals surface area contributed by atoms with E-state index in [1.54, 1.807) is 0 Å². The molecule has 86 valence electrons. The summed E-state index contributed by atoms with van der Waals surface area (Å²) in [7, 11) is 2.12. The molecule has 2 rings (SSSR count). The Morgan fingerprint density at radius 2 is 2.12 bits per heavy atom. The van der Waals surface area contributed by atoms with Gasteiger partial charge in [0.1, 0.15) is 19.7 Å². The fourth-order valence-electron chi connectivity index (χ4n) is 2.15. The van der Waals surface area contributed by atoms with Crippen molar-refractivity contribution in [2.24, 2.45) is 0 Å². The summed E-state index contributed by atoms with van der Waals surface area (Å²) in [6.07, 6.45) is 0. The predicted octanol–water partition coefficient (Wildman–Crippen LogP) is 1.50. The molecular formula is C13H18NO2+. The molecular weight excluding hydrogens is 202 g/mol. The normalized spacial score (nSPS) is 25.2. The van der Waals surface area contributed by atoms with Crippen LogP contribution in [0.2, 0.25) is 0 Å². The van der Waals surface area contributed by atoms with Gasteiger partial charge in [-0.05, 0) is 12.5 Å². The molecule has 0 aromatic heterocycles. The number of benzene rings is 1. The molecule has 0 spiro atoms. The van der Waals surface area contributed by atoms with Crippen molar-refractivity contribution in [3.63, 3.8) is 0 Å². The number of hydrogen-bond acceptors (Lipinski definition) is 2. The van der Waals surface area contributed by atoms with E-state index in [1.807, 2.05) is 6.07 Å². The first-order valence-corrected chi connectivity index (χ1v) is 5.63. The molecule has 1 aliphatic rings. The molecule has 1 unspecified atom stereocenters. The third kappa shape index (κ3) is 2.42. The number of quaternary nitrogens is 1. The Bertz CT molecular complexity index is 403. The quantitative estimate of drug-likeness (QED) is 0.557. The summed E-state index contributed by atoms with van der Waals surface area (Å²) in [6, 6.07) is 8.35. The number of cyclic esters (lactones) is 1. The molecule has 0 N–H and O–H groups in total. The lowest BCUT2D eigenvalue weighted by Gasteiger charge is -2.36. The van der Waals surface area contributed by atoms with Crippen LogP contribution in [0.4, 0.5) is 0 Å². The lowest BCUT2D eigenvalue weighted by Crippen LogP contribution is -2.53. The van der Waals surface area contributed by atoms with E-state index < -0.39 is 0 Å². The summed E-state index contributed by atoms with van der Waals surface area (Å²) < 4.78 is 5.74. The first kappa shape index (κ1) is 11.1. The minimum absolute atomic E-state index is 0.0812. The van der Waals surface area contributed by atoms with Gasteiger partial charge in [0.25, 0.3) is 0 Å². The number of carbonyl (C=O) groups is 1. The number of nitrogens with zero attached hydrogens (tertiary/aromatic N) is 1. The summed E-state index contributed by atoms with van der Waals surface area (Å²) in [4.78, 5) is 11.3. The highest BCUT2D eigenvalue weighted by atomic mass is 16.5. The maximum Gasteiger partial charge on any atom is 0.362 e. The lowest BCUT2D eigenvalue weighted by atomic mass is 10.1. The van der Waals surface area contributed by atoms with Crippen molar-refractivity contribution >= 4 is 5.97 Å². The highest BCUT2D eigenvalue weighted by Gasteiger charge is 2.31. The number of esters is 1. The van der Waals surface area contributed by atoms with Crippen molar-refractivity contribution in [2.45, 2.75) is 13.5 Å². The number of ether oxygens (including phenoxy) is 1. The van der Waals surface area contributed by atoms with Crippen LogP contribution in [-0.2, 0) is 16.1 Å². The molecule has 0 amide bonds. The summed E-state index contributed by atoms with van der Waals surface area (Å²) >= 11 is 0. The van der Waals surface area contributed by atoms with Gasteiger partial charge in [-0.2, -0.15) is 0 Å². The molecule has 16 heavy (non-hydrogen) atoms. The van der Waals surface area contributed by atoms with Gasteiger partial charge in [-0.15, -0.1) is 0 Å². The van der Waals surface area contributed by atoms with Gasteiger partial charge in [-0.1, -0.05) is 24.3 Å². The summed E-state index contributed by atoms with van der Waals surface area (Å²) in [5, 5.41) is 0. The number of morpholine rings is 1. The van der Waals surface area contributed by atoms with Gasteiger partial charge in [0.2, 0.25) is 0 Å². The number of likely N-dealkylation sites (N-methyl/N-ethyl adjacent to an activating group) is 1. The maximum absolute atomic E-state index is 11.3. The molecule has 0 bridgehead atoms. The van der Waals surface area contributed by atoms with Crippen molar-refractivity contribution in [2.75, 3.05) is 26.7 Å². The summed E-state index contributed by atoms with van der Waals surface area (Å²) in [6.45, 7) is 4.95. The molecule has 3 heteroatoms.